The molecule has 8 nitrogen and oxygen atoms in total. The fourth-order valence-electron chi connectivity index (χ4n) is 3.25. The minimum Gasteiger partial charge on any atom is -0.488 e. The molecule has 0 N–H and O–H groups in total. The van der Waals surface area contributed by atoms with Gasteiger partial charge in [0.2, 0.25) is 0 Å². The molecule has 0 saturated carbocycles. The third-order valence-corrected chi connectivity index (χ3v) is 5.63. The van der Waals surface area contributed by atoms with Gasteiger partial charge in [0.25, 0.3) is 5.88 Å². The Labute approximate surface area is 197 Å². The molecule has 32 heavy (non-hydrogen) atoms. The Kier molecular flexibility index (Phi) is 10.2. The molecule has 0 aromatic carbocycles. The molecular formula is C23H31BrN2O6. The second-order valence-corrected chi connectivity index (χ2v) is 8.30. The first kappa shape index (κ1) is 25.9. The summed E-state index contributed by atoms with van der Waals surface area (Å²) in [5.74, 6) is 0.532. The lowest BCUT2D eigenvalue weighted by Gasteiger charge is -2.25. The van der Waals surface area contributed by atoms with Crippen molar-refractivity contribution in [1.29, 1.82) is 0 Å². The molecule has 2 aromatic rings. The maximum absolute atomic E-state index is 12.2. The monoisotopic (exact) mass is 510 g/mol. The van der Waals surface area contributed by atoms with Gasteiger partial charge in [-0.2, -0.15) is 0 Å². The van der Waals surface area contributed by atoms with Gasteiger partial charge < -0.3 is 23.5 Å². The lowest BCUT2D eigenvalue weighted by molar-refractivity contribution is 0.0523. The second kappa shape index (κ2) is 12.6. The van der Waals surface area contributed by atoms with E-state index in [9.17, 15) is 9.59 Å². The molecule has 2 heterocycles. The van der Waals surface area contributed by atoms with Crippen molar-refractivity contribution in [2.24, 2.45) is 5.92 Å². The van der Waals surface area contributed by atoms with Crippen LogP contribution >= 0.6 is 15.9 Å². The van der Waals surface area contributed by atoms with E-state index in [4.69, 9.17) is 18.9 Å². The van der Waals surface area contributed by atoms with E-state index >= 15 is 0 Å². The van der Waals surface area contributed by atoms with E-state index < -0.39 is 5.97 Å². The zero-order valence-corrected chi connectivity index (χ0v) is 20.8. The number of hydrogen-bond acceptors (Lipinski definition) is 7. The predicted molar refractivity (Wildman–Crippen MR) is 125 cm³/mol. The van der Waals surface area contributed by atoms with Crippen molar-refractivity contribution in [3.8, 4) is 11.6 Å². The number of rotatable bonds is 12. The first-order chi connectivity index (χ1) is 15.3. The Balaban J connectivity index is 2.36. The summed E-state index contributed by atoms with van der Waals surface area (Å²) < 4.78 is 23.9. The number of esters is 1. The summed E-state index contributed by atoms with van der Waals surface area (Å²) in [6.07, 6.45) is 4.60. The van der Waals surface area contributed by atoms with Crippen LogP contribution in [0.1, 0.15) is 49.2 Å². The third kappa shape index (κ3) is 6.80. The third-order valence-electron chi connectivity index (χ3n) is 4.94. The SMILES string of the molecule is CCOC(=O)c1cn(C(Cc2cc(OCCCOC)c(OC)nc2Br)C(C)C)ccc1=O. The number of carbonyl (C=O) groups excluding carboxylic acids is 1. The van der Waals surface area contributed by atoms with Crippen LogP contribution in [0.25, 0.3) is 0 Å². The molecule has 1 unspecified atom stereocenters. The largest absolute Gasteiger partial charge is 0.488 e. The number of hydrogen-bond donors (Lipinski definition) is 0. The Morgan fingerprint density at radius 1 is 1.25 bits per heavy atom. The van der Waals surface area contributed by atoms with E-state index in [0.29, 0.717) is 35.9 Å². The lowest BCUT2D eigenvalue weighted by Crippen LogP contribution is -2.24. The number of nitrogens with zero attached hydrogens (tertiary/aromatic N) is 2. The predicted octanol–water partition coefficient (Wildman–Crippen LogP) is 4.05. The van der Waals surface area contributed by atoms with E-state index in [1.165, 1.54) is 6.07 Å². The molecule has 1 atom stereocenters. The highest BCUT2D eigenvalue weighted by Gasteiger charge is 2.22. The highest BCUT2D eigenvalue weighted by Crippen LogP contribution is 2.33. The Bertz CT molecular complexity index is 960. The fourth-order valence-corrected chi connectivity index (χ4v) is 3.69. The number of halogens is 1. The number of aromatic nitrogens is 2. The number of carbonyl (C=O) groups is 1. The number of ether oxygens (including phenoxy) is 4. The van der Waals surface area contributed by atoms with Crippen molar-refractivity contribution in [1.82, 2.24) is 9.55 Å². The molecule has 0 aliphatic carbocycles. The molecule has 2 aromatic heterocycles. The topological polar surface area (TPSA) is 88.9 Å². The normalized spacial score (nSPS) is 12.0. The van der Waals surface area contributed by atoms with Crippen molar-refractivity contribution in [2.75, 3.05) is 34.0 Å². The number of methoxy groups -OCH3 is 2. The molecule has 9 heteroatoms. The molecule has 0 aliphatic heterocycles. The minimum absolute atomic E-state index is 0.0223. The van der Waals surface area contributed by atoms with Crippen LogP contribution < -0.4 is 14.9 Å². The lowest BCUT2D eigenvalue weighted by atomic mass is 9.96. The second-order valence-electron chi connectivity index (χ2n) is 7.55. The number of pyridine rings is 2. The average molecular weight is 511 g/mol. The highest BCUT2D eigenvalue weighted by molar-refractivity contribution is 9.10. The van der Waals surface area contributed by atoms with Crippen LogP contribution in [0.15, 0.2) is 33.9 Å². The molecule has 0 bridgehead atoms. The van der Waals surface area contributed by atoms with Gasteiger partial charge in [-0.3, -0.25) is 4.79 Å². The molecule has 0 radical (unpaired) electrons. The zero-order valence-electron chi connectivity index (χ0n) is 19.2. The standard InChI is InChI=1S/C23H31BrN2O6/c1-6-31-23(28)17-14-26(9-8-19(17)27)18(15(2)3)12-16-13-20(32-11-7-10-29-4)22(30-5)25-21(16)24/h8-9,13-15,18H,6-7,10-12H2,1-5H3. The highest BCUT2D eigenvalue weighted by atomic mass is 79.9. The summed E-state index contributed by atoms with van der Waals surface area (Å²) in [5, 5.41) is 0. The summed E-state index contributed by atoms with van der Waals surface area (Å²) in [6, 6.07) is 3.26. The van der Waals surface area contributed by atoms with Crippen molar-refractivity contribution < 1.29 is 23.7 Å². The van der Waals surface area contributed by atoms with Gasteiger partial charge in [-0.05, 0) is 46.8 Å². The van der Waals surface area contributed by atoms with E-state index in [2.05, 4.69) is 34.8 Å². The quantitative estimate of drug-likeness (QED) is 0.241. The van der Waals surface area contributed by atoms with Crippen molar-refractivity contribution >= 4 is 21.9 Å². The van der Waals surface area contributed by atoms with Gasteiger partial charge in [-0.25, -0.2) is 9.78 Å². The first-order valence-electron chi connectivity index (χ1n) is 10.6. The van der Waals surface area contributed by atoms with E-state index in [0.717, 1.165) is 12.0 Å². The van der Waals surface area contributed by atoms with Gasteiger partial charge in [0.1, 0.15) is 10.2 Å². The summed E-state index contributed by atoms with van der Waals surface area (Å²) >= 11 is 3.54. The van der Waals surface area contributed by atoms with Gasteiger partial charge in [-0.15, -0.1) is 0 Å². The maximum Gasteiger partial charge on any atom is 0.343 e. The van der Waals surface area contributed by atoms with E-state index in [1.54, 1.807) is 33.5 Å². The van der Waals surface area contributed by atoms with Crippen LogP contribution in [0.5, 0.6) is 11.6 Å². The molecule has 0 saturated heterocycles. The van der Waals surface area contributed by atoms with Gasteiger partial charge in [0.05, 0.1) is 20.3 Å². The Hall–Kier alpha value is -2.39. The molecule has 0 spiro atoms. The van der Waals surface area contributed by atoms with Crippen molar-refractivity contribution in [2.45, 2.75) is 39.7 Å². The van der Waals surface area contributed by atoms with Crippen LogP contribution in [-0.2, 0) is 15.9 Å². The van der Waals surface area contributed by atoms with E-state index in [1.807, 2.05) is 10.6 Å². The fraction of sp³-hybridized carbons (Fsp3) is 0.522. The molecule has 2 rings (SSSR count). The van der Waals surface area contributed by atoms with Gasteiger partial charge in [0, 0.05) is 44.6 Å². The minimum atomic E-state index is -0.617. The van der Waals surface area contributed by atoms with Crippen LogP contribution in [0.4, 0.5) is 0 Å². The van der Waals surface area contributed by atoms with Crippen LogP contribution in [0.2, 0.25) is 0 Å². The Morgan fingerprint density at radius 3 is 2.62 bits per heavy atom. The van der Waals surface area contributed by atoms with Crippen molar-refractivity contribution in [3.63, 3.8) is 0 Å². The molecule has 0 amide bonds. The summed E-state index contributed by atoms with van der Waals surface area (Å²) in [6.45, 7) is 7.16. The molecule has 0 aliphatic rings. The van der Waals surface area contributed by atoms with Gasteiger partial charge >= 0.3 is 5.97 Å². The average Bonchev–Trinajstić information content (AvgIpc) is 2.76. The first-order valence-corrected chi connectivity index (χ1v) is 11.4. The van der Waals surface area contributed by atoms with Gasteiger partial charge in [0.15, 0.2) is 11.2 Å². The van der Waals surface area contributed by atoms with Gasteiger partial charge in [-0.1, -0.05) is 13.8 Å². The van der Waals surface area contributed by atoms with Crippen LogP contribution in [0, 0.1) is 5.92 Å². The zero-order chi connectivity index (χ0) is 23.7. The summed E-state index contributed by atoms with van der Waals surface area (Å²) in [4.78, 5) is 28.9. The van der Waals surface area contributed by atoms with E-state index in [-0.39, 0.29) is 29.6 Å². The molecular weight excluding hydrogens is 480 g/mol. The van der Waals surface area contributed by atoms with Crippen molar-refractivity contribution in [3.05, 3.63) is 50.5 Å². The summed E-state index contributed by atoms with van der Waals surface area (Å²) in [7, 11) is 3.20. The van der Waals surface area contributed by atoms with Crippen LogP contribution in [0.3, 0.4) is 0 Å². The molecule has 176 valence electrons. The smallest absolute Gasteiger partial charge is 0.343 e. The van der Waals surface area contributed by atoms with Crippen LogP contribution in [-0.4, -0.2) is 49.6 Å². The maximum atomic E-state index is 12.2. The Morgan fingerprint density at radius 2 is 2.00 bits per heavy atom. The molecule has 0 fully saturated rings. The summed E-state index contributed by atoms with van der Waals surface area (Å²) in [5.41, 5.74) is 0.581.